The van der Waals surface area contributed by atoms with Crippen LogP contribution < -0.4 is 5.56 Å². The van der Waals surface area contributed by atoms with Crippen molar-refractivity contribution >= 4 is 22.4 Å². The third kappa shape index (κ3) is 0.848. The van der Waals surface area contributed by atoms with Gasteiger partial charge >= 0.3 is 0 Å². The Morgan fingerprint density at radius 1 is 1.58 bits per heavy atom. The normalized spacial score (nSPS) is 10.8. The zero-order chi connectivity index (χ0) is 8.72. The minimum atomic E-state index is -0.262. The van der Waals surface area contributed by atoms with E-state index in [-0.39, 0.29) is 5.56 Å². The van der Waals surface area contributed by atoms with Gasteiger partial charge in [-0.05, 0) is 6.92 Å². The lowest BCUT2D eigenvalue weighted by atomic mass is 10.2. The monoisotopic (exact) mass is 183 g/mol. The van der Waals surface area contributed by atoms with Crippen LogP contribution in [-0.4, -0.2) is 15.2 Å². The van der Waals surface area contributed by atoms with Crippen LogP contribution in [0.4, 0.5) is 0 Å². The zero-order valence-electron chi connectivity index (χ0n) is 6.31. The molecule has 2 aromatic rings. The second kappa shape index (κ2) is 2.35. The fourth-order valence-electron chi connectivity index (χ4n) is 1.16. The van der Waals surface area contributed by atoms with E-state index < -0.39 is 0 Å². The average molecular weight is 184 g/mol. The molecule has 62 valence electrons. The quantitative estimate of drug-likeness (QED) is 0.645. The SMILES string of the molecule is Cc1n[nH]c(=O)c2c(Cl)[nH]cc12. The highest BCUT2D eigenvalue weighted by Crippen LogP contribution is 2.19. The van der Waals surface area contributed by atoms with Gasteiger partial charge in [0.1, 0.15) is 5.15 Å². The fraction of sp³-hybridized carbons (Fsp3) is 0.143. The molecule has 0 spiro atoms. The summed E-state index contributed by atoms with van der Waals surface area (Å²) in [5.41, 5.74) is 0.495. The highest BCUT2D eigenvalue weighted by Gasteiger charge is 2.07. The first kappa shape index (κ1) is 7.36. The predicted octanol–water partition coefficient (Wildman–Crippen LogP) is 1.21. The second-order valence-corrected chi connectivity index (χ2v) is 2.91. The van der Waals surface area contributed by atoms with Gasteiger partial charge in [-0.25, -0.2) is 5.10 Å². The second-order valence-electron chi connectivity index (χ2n) is 2.53. The molecule has 2 aromatic heterocycles. The van der Waals surface area contributed by atoms with E-state index in [1.165, 1.54) is 0 Å². The molecule has 0 fully saturated rings. The molecule has 2 N–H and O–H groups in total. The molecular formula is C7H6ClN3O. The van der Waals surface area contributed by atoms with Gasteiger partial charge in [-0.3, -0.25) is 4.79 Å². The number of aryl methyl sites for hydroxylation is 1. The molecule has 12 heavy (non-hydrogen) atoms. The van der Waals surface area contributed by atoms with E-state index >= 15 is 0 Å². The lowest BCUT2D eigenvalue weighted by Crippen LogP contribution is -2.08. The molecular weight excluding hydrogens is 178 g/mol. The Bertz CT molecular complexity index is 485. The standard InChI is InChI=1S/C7H6ClN3O/c1-3-4-2-9-6(8)5(4)7(12)11-10-3/h2,9H,1H3,(H,11,12). The van der Waals surface area contributed by atoms with Crippen LogP contribution in [0, 0.1) is 6.92 Å². The van der Waals surface area contributed by atoms with Gasteiger partial charge in [0, 0.05) is 11.6 Å². The highest BCUT2D eigenvalue weighted by molar-refractivity contribution is 6.34. The number of hydrogen-bond donors (Lipinski definition) is 2. The van der Waals surface area contributed by atoms with Crippen LogP contribution in [0.2, 0.25) is 5.15 Å². The zero-order valence-corrected chi connectivity index (χ0v) is 7.07. The third-order valence-electron chi connectivity index (χ3n) is 1.77. The van der Waals surface area contributed by atoms with E-state index in [4.69, 9.17) is 11.6 Å². The van der Waals surface area contributed by atoms with Crippen LogP contribution in [0.25, 0.3) is 10.8 Å². The van der Waals surface area contributed by atoms with Crippen molar-refractivity contribution < 1.29 is 0 Å². The van der Waals surface area contributed by atoms with E-state index in [0.717, 1.165) is 11.1 Å². The topological polar surface area (TPSA) is 61.5 Å². The Labute approximate surface area is 72.6 Å². The van der Waals surface area contributed by atoms with Gasteiger partial charge in [0.25, 0.3) is 5.56 Å². The number of H-pyrrole nitrogens is 2. The van der Waals surface area contributed by atoms with Gasteiger partial charge in [0.15, 0.2) is 0 Å². The summed E-state index contributed by atoms with van der Waals surface area (Å²) in [6, 6.07) is 0. The molecule has 4 nitrogen and oxygen atoms in total. The summed E-state index contributed by atoms with van der Waals surface area (Å²) < 4.78 is 0. The van der Waals surface area contributed by atoms with Crippen molar-refractivity contribution in [2.75, 3.05) is 0 Å². The van der Waals surface area contributed by atoms with Gasteiger partial charge < -0.3 is 4.98 Å². The summed E-state index contributed by atoms with van der Waals surface area (Å²) in [7, 11) is 0. The molecule has 2 rings (SSSR count). The molecule has 0 unspecified atom stereocenters. The number of hydrogen-bond acceptors (Lipinski definition) is 2. The largest absolute Gasteiger partial charge is 0.351 e. The first-order valence-corrected chi connectivity index (χ1v) is 3.80. The molecule has 0 saturated carbocycles. The number of halogens is 1. The summed E-state index contributed by atoms with van der Waals surface area (Å²) in [4.78, 5) is 14.0. The number of fused-ring (bicyclic) bond motifs is 1. The number of aromatic nitrogens is 3. The number of nitrogens with one attached hydrogen (secondary N) is 2. The van der Waals surface area contributed by atoms with Crippen molar-refractivity contribution in [2.45, 2.75) is 6.92 Å². The van der Waals surface area contributed by atoms with Crippen LogP contribution in [0.5, 0.6) is 0 Å². The van der Waals surface area contributed by atoms with Crippen LogP contribution >= 0.6 is 11.6 Å². The Hall–Kier alpha value is -1.29. The smallest absolute Gasteiger partial charge is 0.275 e. The van der Waals surface area contributed by atoms with Gasteiger partial charge in [-0.2, -0.15) is 5.10 Å². The Kier molecular flexibility index (Phi) is 1.44. The Morgan fingerprint density at radius 3 is 3.00 bits per heavy atom. The van der Waals surface area contributed by atoms with Gasteiger partial charge in [-0.15, -0.1) is 0 Å². The molecule has 0 aliphatic carbocycles. The molecule has 2 heterocycles. The molecule has 0 aliphatic heterocycles. The molecule has 0 bridgehead atoms. The van der Waals surface area contributed by atoms with E-state index in [9.17, 15) is 4.79 Å². The van der Waals surface area contributed by atoms with Crippen LogP contribution in [0.3, 0.4) is 0 Å². The van der Waals surface area contributed by atoms with E-state index in [1.54, 1.807) is 6.20 Å². The average Bonchev–Trinajstić information content (AvgIpc) is 2.42. The van der Waals surface area contributed by atoms with Gasteiger partial charge in [0.05, 0.1) is 11.1 Å². The van der Waals surface area contributed by atoms with Crippen LogP contribution in [-0.2, 0) is 0 Å². The third-order valence-corrected chi connectivity index (χ3v) is 2.07. The summed E-state index contributed by atoms with van der Waals surface area (Å²) in [6.07, 6.45) is 1.68. The van der Waals surface area contributed by atoms with Crippen molar-refractivity contribution in [3.05, 3.63) is 27.4 Å². The van der Waals surface area contributed by atoms with E-state index in [2.05, 4.69) is 15.2 Å². The van der Waals surface area contributed by atoms with Gasteiger partial charge in [0.2, 0.25) is 0 Å². The Morgan fingerprint density at radius 2 is 2.33 bits per heavy atom. The number of nitrogens with zero attached hydrogens (tertiary/aromatic N) is 1. The molecule has 0 atom stereocenters. The summed E-state index contributed by atoms with van der Waals surface area (Å²) >= 11 is 5.75. The molecule has 0 radical (unpaired) electrons. The summed E-state index contributed by atoms with van der Waals surface area (Å²) in [5, 5.41) is 7.77. The lowest BCUT2D eigenvalue weighted by molar-refractivity contribution is 0.972. The minimum Gasteiger partial charge on any atom is -0.351 e. The maximum atomic E-state index is 11.2. The van der Waals surface area contributed by atoms with Crippen LogP contribution in [0.15, 0.2) is 11.0 Å². The molecule has 0 amide bonds. The predicted molar refractivity (Wildman–Crippen MR) is 46.5 cm³/mol. The van der Waals surface area contributed by atoms with Crippen molar-refractivity contribution in [2.24, 2.45) is 0 Å². The number of aromatic amines is 2. The van der Waals surface area contributed by atoms with Gasteiger partial charge in [-0.1, -0.05) is 11.6 Å². The highest BCUT2D eigenvalue weighted by atomic mass is 35.5. The first-order chi connectivity index (χ1) is 5.70. The van der Waals surface area contributed by atoms with E-state index in [0.29, 0.717) is 10.5 Å². The number of rotatable bonds is 0. The fourth-order valence-corrected chi connectivity index (χ4v) is 1.40. The molecule has 0 saturated heterocycles. The lowest BCUT2D eigenvalue weighted by Gasteiger charge is -1.91. The minimum absolute atomic E-state index is 0.262. The molecule has 5 heteroatoms. The summed E-state index contributed by atoms with van der Waals surface area (Å²) in [6.45, 7) is 1.81. The van der Waals surface area contributed by atoms with Crippen LogP contribution in [0.1, 0.15) is 5.69 Å². The van der Waals surface area contributed by atoms with Crippen molar-refractivity contribution in [1.29, 1.82) is 0 Å². The van der Waals surface area contributed by atoms with Crippen molar-refractivity contribution in [3.63, 3.8) is 0 Å². The first-order valence-electron chi connectivity index (χ1n) is 3.42. The van der Waals surface area contributed by atoms with Crippen molar-refractivity contribution in [3.8, 4) is 0 Å². The van der Waals surface area contributed by atoms with E-state index in [1.807, 2.05) is 6.92 Å². The Balaban J connectivity index is 3.09. The maximum absolute atomic E-state index is 11.2. The summed E-state index contributed by atoms with van der Waals surface area (Å²) in [5.74, 6) is 0. The molecule has 0 aliphatic rings. The molecule has 0 aromatic carbocycles. The maximum Gasteiger partial charge on any atom is 0.275 e. The van der Waals surface area contributed by atoms with Crippen molar-refractivity contribution in [1.82, 2.24) is 15.2 Å².